The number of nitrogens with zero attached hydrogens (tertiary/aromatic N) is 3. The van der Waals surface area contributed by atoms with Gasteiger partial charge in [0, 0.05) is 19.1 Å². The Labute approximate surface area is 137 Å². The van der Waals surface area contributed by atoms with Crippen molar-refractivity contribution in [2.75, 3.05) is 18.0 Å². The van der Waals surface area contributed by atoms with Crippen LogP contribution in [0.25, 0.3) is 0 Å². The third-order valence-electron chi connectivity index (χ3n) is 4.31. The van der Waals surface area contributed by atoms with Crippen LogP contribution in [0.15, 0.2) is 12.1 Å². The molecule has 0 aromatic carbocycles. The molecule has 0 unspecified atom stereocenters. The number of aliphatic hydroxyl groups excluding tert-OH is 1. The zero-order valence-corrected chi connectivity index (χ0v) is 14.2. The fourth-order valence-electron chi connectivity index (χ4n) is 3.45. The fraction of sp³-hybridized carbons (Fsp3) is 0.647. The maximum absolute atomic E-state index is 12.4. The van der Waals surface area contributed by atoms with Gasteiger partial charge in [-0.25, -0.2) is 9.78 Å². The first kappa shape index (κ1) is 16.1. The second kappa shape index (κ2) is 5.67. The molecule has 0 bridgehead atoms. The molecule has 3 rings (SSSR count). The minimum Gasteiger partial charge on any atom is -0.444 e. The number of rotatable bonds is 1. The first-order valence-electron chi connectivity index (χ1n) is 8.14. The highest BCUT2D eigenvalue weighted by Crippen LogP contribution is 2.35. The molecule has 0 spiro atoms. The van der Waals surface area contributed by atoms with Crippen molar-refractivity contribution < 1.29 is 14.6 Å². The van der Waals surface area contributed by atoms with Crippen LogP contribution in [-0.4, -0.2) is 51.9 Å². The van der Waals surface area contributed by atoms with Crippen molar-refractivity contribution in [2.45, 2.75) is 58.4 Å². The lowest BCUT2D eigenvalue weighted by atomic mass is 10.1. The van der Waals surface area contributed by atoms with Crippen LogP contribution in [0.3, 0.4) is 0 Å². The second-order valence-electron chi connectivity index (χ2n) is 7.44. The number of aromatic nitrogens is 1. The third-order valence-corrected chi connectivity index (χ3v) is 4.31. The Bertz CT molecular complexity index is 612. The maximum atomic E-state index is 12.4. The van der Waals surface area contributed by atoms with Gasteiger partial charge in [-0.2, -0.15) is 0 Å². The molecule has 1 aromatic rings. The molecule has 1 saturated heterocycles. The molecule has 3 heterocycles. The molecule has 126 valence electrons. The van der Waals surface area contributed by atoms with Crippen LogP contribution in [0.4, 0.5) is 10.6 Å². The number of fused-ring (bicyclic) bond motifs is 3. The number of anilines is 1. The normalized spacial score (nSPS) is 23.5. The number of ether oxygens (including phenoxy) is 1. The monoisotopic (exact) mass is 319 g/mol. The lowest BCUT2D eigenvalue weighted by Gasteiger charge is -2.43. The Morgan fingerprint density at radius 3 is 2.78 bits per heavy atom. The Morgan fingerprint density at radius 1 is 1.39 bits per heavy atom. The van der Waals surface area contributed by atoms with E-state index in [1.54, 1.807) is 4.90 Å². The number of amides is 1. The van der Waals surface area contributed by atoms with E-state index >= 15 is 0 Å². The summed E-state index contributed by atoms with van der Waals surface area (Å²) in [7, 11) is 0. The van der Waals surface area contributed by atoms with Gasteiger partial charge in [-0.1, -0.05) is 6.07 Å². The van der Waals surface area contributed by atoms with Crippen molar-refractivity contribution in [3.63, 3.8) is 0 Å². The average molecular weight is 319 g/mol. The van der Waals surface area contributed by atoms with E-state index in [1.807, 2.05) is 32.9 Å². The molecule has 1 amide bonds. The molecular weight excluding hydrogens is 294 g/mol. The van der Waals surface area contributed by atoms with Crippen molar-refractivity contribution in [1.29, 1.82) is 0 Å². The van der Waals surface area contributed by atoms with Crippen LogP contribution < -0.4 is 4.90 Å². The summed E-state index contributed by atoms with van der Waals surface area (Å²) in [4.78, 5) is 21.0. The highest BCUT2D eigenvalue weighted by molar-refractivity contribution is 5.69. The molecule has 6 heteroatoms. The summed E-state index contributed by atoms with van der Waals surface area (Å²) in [6, 6.07) is 4.30. The summed E-state index contributed by atoms with van der Waals surface area (Å²) in [6.45, 7) is 8.97. The zero-order valence-electron chi connectivity index (χ0n) is 14.2. The van der Waals surface area contributed by atoms with Gasteiger partial charge >= 0.3 is 6.09 Å². The summed E-state index contributed by atoms with van der Waals surface area (Å²) < 4.78 is 5.51. The Kier molecular flexibility index (Phi) is 3.96. The van der Waals surface area contributed by atoms with Crippen molar-refractivity contribution in [2.24, 2.45) is 0 Å². The smallest absolute Gasteiger partial charge is 0.410 e. The summed E-state index contributed by atoms with van der Waals surface area (Å²) in [5.41, 5.74) is 1.39. The molecule has 0 aliphatic carbocycles. The van der Waals surface area contributed by atoms with Crippen LogP contribution in [0, 0.1) is 0 Å². The predicted molar refractivity (Wildman–Crippen MR) is 87.4 cm³/mol. The Hall–Kier alpha value is -1.82. The Balaban J connectivity index is 1.78. The van der Waals surface area contributed by atoms with Gasteiger partial charge < -0.3 is 19.6 Å². The number of hydrogen-bond donors (Lipinski definition) is 1. The molecule has 2 aliphatic rings. The van der Waals surface area contributed by atoms with E-state index in [1.165, 1.54) is 5.56 Å². The van der Waals surface area contributed by atoms with E-state index in [9.17, 15) is 9.90 Å². The summed E-state index contributed by atoms with van der Waals surface area (Å²) in [5.74, 6) is 0.956. The maximum Gasteiger partial charge on any atom is 0.410 e. The second-order valence-corrected chi connectivity index (χ2v) is 7.44. The van der Waals surface area contributed by atoms with Crippen LogP contribution in [0.2, 0.25) is 0 Å². The van der Waals surface area contributed by atoms with Crippen LogP contribution >= 0.6 is 0 Å². The van der Waals surface area contributed by atoms with Crippen LogP contribution in [0.1, 0.15) is 39.0 Å². The molecule has 0 saturated carbocycles. The predicted octanol–water partition coefficient (Wildman–Crippen LogP) is 1.94. The zero-order chi connectivity index (χ0) is 16.8. The van der Waals surface area contributed by atoms with E-state index in [2.05, 4.69) is 16.8 Å². The lowest BCUT2D eigenvalue weighted by Crippen LogP contribution is -2.58. The van der Waals surface area contributed by atoms with Gasteiger partial charge in [0.15, 0.2) is 0 Å². The topological polar surface area (TPSA) is 65.9 Å². The van der Waals surface area contributed by atoms with Crippen molar-refractivity contribution >= 4 is 11.9 Å². The first-order chi connectivity index (χ1) is 10.8. The molecule has 2 atom stereocenters. The van der Waals surface area contributed by atoms with Crippen molar-refractivity contribution in [1.82, 2.24) is 9.88 Å². The number of hydrogen-bond acceptors (Lipinski definition) is 5. The van der Waals surface area contributed by atoms with Crippen molar-refractivity contribution in [3.05, 3.63) is 23.4 Å². The number of aliphatic hydroxyl groups is 1. The Morgan fingerprint density at radius 2 is 2.13 bits per heavy atom. The quantitative estimate of drug-likeness (QED) is 0.857. The van der Waals surface area contributed by atoms with Crippen LogP contribution in [0.5, 0.6) is 0 Å². The van der Waals surface area contributed by atoms with E-state index in [4.69, 9.17) is 4.74 Å². The van der Waals surface area contributed by atoms with Gasteiger partial charge in [-0.05, 0) is 45.7 Å². The van der Waals surface area contributed by atoms with E-state index < -0.39 is 5.60 Å². The molecule has 2 aliphatic heterocycles. The number of carbonyl (C=O) groups is 1. The van der Waals surface area contributed by atoms with Gasteiger partial charge in [-0.15, -0.1) is 0 Å². The lowest BCUT2D eigenvalue weighted by molar-refractivity contribution is 0.0191. The summed E-state index contributed by atoms with van der Waals surface area (Å²) in [5, 5.41) is 9.30. The van der Waals surface area contributed by atoms with Gasteiger partial charge in [0.05, 0.1) is 18.3 Å². The molecule has 1 aromatic heterocycles. The minimum absolute atomic E-state index is 0.0514. The first-order valence-corrected chi connectivity index (χ1v) is 8.14. The standard InChI is InChI=1S/C17H25N3O3/c1-11-8-19(16(22)23-17(2,3)4)9-14-7-12-5-6-13(10-21)18-15(12)20(11)14/h5-6,11,14,21H,7-10H2,1-4H3/t11-,14+/m0/s1. The molecular formula is C17H25N3O3. The molecule has 23 heavy (non-hydrogen) atoms. The summed E-state index contributed by atoms with van der Waals surface area (Å²) >= 11 is 0. The average Bonchev–Trinajstić information content (AvgIpc) is 2.83. The molecule has 0 radical (unpaired) electrons. The fourth-order valence-corrected chi connectivity index (χ4v) is 3.45. The molecule has 1 N–H and O–H groups in total. The van der Waals surface area contributed by atoms with Gasteiger partial charge in [0.2, 0.25) is 0 Å². The van der Waals surface area contributed by atoms with Crippen molar-refractivity contribution in [3.8, 4) is 0 Å². The molecule has 6 nitrogen and oxygen atoms in total. The SMILES string of the molecule is C[C@H]1CN(C(=O)OC(C)(C)C)C[C@H]2Cc3ccc(CO)nc3N21. The summed E-state index contributed by atoms with van der Waals surface area (Å²) in [6.07, 6.45) is 0.626. The largest absolute Gasteiger partial charge is 0.444 e. The van der Waals surface area contributed by atoms with Gasteiger partial charge in [0.25, 0.3) is 0 Å². The number of pyridine rings is 1. The van der Waals surface area contributed by atoms with Gasteiger partial charge in [-0.3, -0.25) is 0 Å². The highest BCUT2D eigenvalue weighted by atomic mass is 16.6. The number of piperazine rings is 1. The highest BCUT2D eigenvalue weighted by Gasteiger charge is 2.41. The van der Waals surface area contributed by atoms with E-state index in [-0.39, 0.29) is 24.8 Å². The van der Waals surface area contributed by atoms with E-state index in [0.29, 0.717) is 18.8 Å². The minimum atomic E-state index is -0.478. The van der Waals surface area contributed by atoms with E-state index in [0.717, 1.165) is 12.2 Å². The van der Waals surface area contributed by atoms with Gasteiger partial charge in [0.1, 0.15) is 11.4 Å². The third kappa shape index (κ3) is 3.13. The van der Waals surface area contributed by atoms with Crippen LogP contribution in [-0.2, 0) is 17.8 Å². The number of carbonyl (C=O) groups excluding carboxylic acids is 1. The molecule has 1 fully saturated rings.